The Labute approximate surface area is 126 Å². The van der Waals surface area contributed by atoms with Crippen LogP contribution in [0.3, 0.4) is 0 Å². The van der Waals surface area contributed by atoms with Crippen molar-refractivity contribution in [1.29, 1.82) is 5.26 Å². The van der Waals surface area contributed by atoms with Crippen LogP contribution >= 0.6 is 34.8 Å². The van der Waals surface area contributed by atoms with E-state index >= 15 is 0 Å². The highest BCUT2D eigenvalue weighted by Crippen LogP contribution is 2.26. The smallest absolute Gasteiger partial charge is 0.0998 e. The molecule has 0 saturated carbocycles. The van der Waals surface area contributed by atoms with E-state index in [-0.39, 0.29) is 0 Å². The second kappa shape index (κ2) is 6.12. The summed E-state index contributed by atoms with van der Waals surface area (Å²) in [5, 5.41) is 10.9. The van der Waals surface area contributed by atoms with Gasteiger partial charge in [0.25, 0.3) is 0 Å². The Hall–Kier alpha value is -1.46. The number of benzene rings is 2. The Morgan fingerprint density at radius 2 is 1.58 bits per heavy atom. The van der Waals surface area contributed by atoms with Crippen molar-refractivity contribution in [1.82, 2.24) is 0 Å². The van der Waals surface area contributed by atoms with Crippen molar-refractivity contribution in [2.75, 3.05) is 0 Å². The van der Waals surface area contributed by atoms with Gasteiger partial charge in [-0.3, -0.25) is 0 Å². The number of nitriles is 1. The van der Waals surface area contributed by atoms with Gasteiger partial charge in [0.15, 0.2) is 0 Å². The minimum Gasteiger partial charge on any atom is -0.192 e. The van der Waals surface area contributed by atoms with Crippen LogP contribution in [-0.2, 0) is 0 Å². The van der Waals surface area contributed by atoms with Crippen LogP contribution in [0.5, 0.6) is 0 Å². The fourth-order valence-corrected chi connectivity index (χ4v) is 2.17. The van der Waals surface area contributed by atoms with E-state index in [1.165, 1.54) is 0 Å². The lowest BCUT2D eigenvalue weighted by atomic mass is 10.0. The predicted octanol–water partition coefficient (Wildman–Crippen LogP) is 5.71. The Morgan fingerprint density at radius 3 is 2.16 bits per heavy atom. The summed E-state index contributed by atoms with van der Waals surface area (Å²) >= 11 is 17.7. The lowest BCUT2D eigenvalue weighted by Gasteiger charge is -2.02. The van der Waals surface area contributed by atoms with E-state index in [4.69, 9.17) is 34.8 Å². The van der Waals surface area contributed by atoms with Gasteiger partial charge in [0, 0.05) is 15.1 Å². The van der Waals surface area contributed by atoms with Crippen molar-refractivity contribution in [3.8, 4) is 6.07 Å². The summed E-state index contributed by atoms with van der Waals surface area (Å²) in [5.74, 6) is 0. The number of allylic oxidation sites excluding steroid dienone is 1. The minimum absolute atomic E-state index is 0.509. The second-order valence-corrected chi connectivity index (χ2v) is 5.12. The van der Waals surface area contributed by atoms with Crippen molar-refractivity contribution in [2.45, 2.75) is 0 Å². The molecule has 0 bridgehead atoms. The van der Waals surface area contributed by atoms with Gasteiger partial charge < -0.3 is 0 Å². The van der Waals surface area contributed by atoms with E-state index in [0.717, 1.165) is 11.1 Å². The fraction of sp³-hybridized carbons (Fsp3) is 0. The number of halogens is 3. The standard InChI is InChI=1S/C15H8Cl3N/c16-13-4-1-10(2-5-13)12(9-19)7-11-3-6-14(17)8-15(11)18/h1-8H/b12-7+. The SMILES string of the molecule is N#C/C(=C\c1ccc(Cl)cc1Cl)c1ccc(Cl)cc1. The van der Waals surface area contributed by atoms with E-state index in [1.54, 1.807) is 48.5 Å². The molecule has 0 atom stereocenters. The van der Waals surface area contributed by atoms with Gasteiger partial charge in [0.2, 0.25) is 0 Å². The van der Waals surface area contributed by atoms with Crippen LogP contribution < -0.4 is 0 Å². The molecule has 19 heavy (non-hydrogen) atoms. The third-order valence-corrected chi connectivity index (χ3v) is 3.35. The van der Waals surface area contributed by atoms with E-state index in [0.29, 0.717) is 20.6 Å². The number of nitrogens with zero attached hydrogens (tertiary/aromatic N) is 1. The van der Waals surface area contributed by atoms with Crippen molar-refractivity contribution in [3.63, 3.8) is 0 Å². The zero-order valence-electron chi connectivity index (χ0n) is 9.70. The van der Waals surface area contributed by atoms with Gasteiger partial charge in [-0.05, 0) is 41.5 Å². The lowest BCUT2D eigenvalue weighted by Crippen LogP contribution is -1.83. The molecule has 2 rings (SSSR count). The number of hydrogen-bond acceptors (Lipinski definition) is 1. The molecule has 2 aromatic carbocycles. The molecule has 0 spiro atoms. The molecular weight excluding hydrogens is 301 g/mol. The zero-order chi connectivity index (χ0) is 13.8. The maximum absolute atomic E-state index is 9.24. The van der Waals surface area contributed by atoms with Gasteiger partial charge in [0.05, 0.1) is 11.6 Å². The number of rotatable bonds is 2. The van der Waals surface area contributed by atoms with Gasteiger partial charge >= 0.3 is 0 Å². The summed E-state index contributed by atoms with van der Waals surface area (Å²) in [7, 11) is 0. The largest absolute Gasteiger partial charge is 0.192 e. The average molecular weight is 309 g/mol. The molecule has 0 aromatic heterocycles. The Bertz CT molecular complexity index is 667. The van der Waals surface area contributed by atoms with E-state index in [9.17, 15) is 5.26 Å². The molecular formula is C15H8Cl3N. The van der Waals surface area contributed by atoms with Crippen LogP contribution in [0.1, 0.15) is 11.1 Å². The first-order valence-corrected chi connectivity index (χ1v) is 6.56. The summed E-state index contributed by atoms with van der Waals surface area (Å²) in [6, 6.07) is 14.4. The summed E-state index contributed by atoms with van der Waals surface area (Å²) in [6.45, 7) is 0. The molecule has 1 nitrogen and oxygen atoms in total. The first-order chi connectivity index (χ1) is 9.10. The third-order valence-electron chi connectivity index (χ3n) is 2.54. The maximum atomic E-state index is 9.24. The quantitative estimate of drug-likeness (QED) is 0.515. The normalized spacial score (nSPS) is 11.2. The van der Waals surface area contributed by atoms with Crippen LogP contribution in [0.4, 0.5) is 0 Å². The molecule has 0 amide bonds. The summed E-state index contributed by atoms with van der Waals surface area (Å²) in [6.07, 6.45) is 1.72. The molecule has 0 aliphatic rings. The molecule has 4 heteroatoms. The second-order valence-electron chi connectivity index (χ2n) is 3.84. The van der Waals surface area contributed by atoms with Gasteiger partial charge in [-0.1, -0.05) is 53.0 Å². The van der Waals surface area contributed by atoms with Crippen LogP contribution in [0.2, 0.25) is 15.1 Å². The van der Waals surface area contributed by atoms with Crippen LogP contribution in [0.25, 0.3) is 11.6 Å². The summed E-state index contributed by atoms with van der Waals surface area (Å²) in [4.78, 5) is 0. The van der Waals surface area contributed by atoms with Crippen molar-refractivity contribution >= 4 is 46.5 Å². The van der Waals surface area contributed by atoms with Crippen molar-refractivity contribution < 1.29 is 0 Å². The monoisotopic (exact) mass is 307 g/mol. The van der Waals surface area contributed by atoms with Crippen molar-refractivity contribution in [3.05, 3.63) is 68.7 Å². The van der Waals surface area contributed by atoms with E-state index in [2.05, 4.69) is 6.07 Å². The van der Waals surface area contributed by atoms with Gasteiger partial charge in [-0.25, -0.2) is 0 Å². The molecule has 0 heterocycles. The summed E-state index contributed by atoms with van der Waals surface area (Å²) < 4.78 is 0. The average Bonchev–Trinajstić information content (AvgIpc) is 2.39. The van der Waals surface area contributed by atoms with Gasteiger partial charge in [0.1, 0.15) is 0 Å². The molecule has 94 valence electrons. The fourth-order valence-electron chi connectivity index (χ4n) is 1.58. The summed E-state index contributed by atoms with van der Waals surface area (Å²) in [5.41, 5.74) is 2.05. The lowest BCUT2D eigenvalue weighted by molar-refractivity contribution is 1.52. The van der Waals surface area contributed by atoms with E-state index in [1.807, 2.05) is 0 Å². The molecule has 0 N–H and O–H groups in total. The molecule has 0 aliphatic carbocycles. The topological polar surface area (TPSA) is 23.8 Å². The van der Waals surface area contributed by atoms with Gasteiger partial charge in [-0.2, -0.15) is 5.26 Å². The van der Waals surface area contributed by atoms with Crippen molar-refractivity contribution in [2.24, 2.45) is 0 Å². The Kier molecular flexibility index (Phi) is 4.50. The first kappa shape index (κ1) is 14.0. The molecule has 0 aliphatic heterocycles. The van der Waals surface area contributed by atoms with Crippen LogP contribution in [0.15, 0.2) is 42.5 Å². The Balaban J connectivity index is 2.44. The van der Waals surface area contributed by atoms with E-state index < -0.39 is 0 Å². The highest BCUT2D eigenvalue weighted by molar-refractivity contribution is 6.35. The maximum Gasteiger partial charge on any atom is 0.0998 e. The molecule has 0 radical (unpaired) electrons. The van der Waals surface area contributed by atoms with Gasteiger partial charge in [-0.15, -0.1) is 0 Å². The minimum atomic E-state index is 0.509. The Morgan fingerprint density at radius 1 is 0.947 bits per heavy atom. The third kappa shape index (κ3) is 3.52. The molecule has 2 aromatic rings. The molecule has 0 unspecified atom stereocenters. The molecule has 0 saturated heterocycles. The highest BCUT2D eigenvalue weighted by Gasteiger charge is 2.04. The number of hydrogen-bond donors (Lipinski definition) is 0. The molecule has 0 fully saturated rings. The van der Waals surface area contributed by atoms with Crippen LogP contribution in [0, 0.1) is 11.3 Å². The highest BCUT2D eigenvalue weighted by atomic mass is 35.5. The predicted molar refractivity (Wildman–Crippen MR) is 81.4 cm³/mol. The van der Waals surface area contributed by atoms with Crippen LogP contribution in [-0.4, -0.2) is 0 Å². The first-order valence-electron chi connectivity index (χ1n) is 5.43. The zero-order valence-corrected chi connectivity index (χ0v) is 12.0.